The number of ether oxygens (including phenoxy) is 1. The number of carboxylic acid groups (broad SMARTS) is 1. The largest absolute Gasteiger partial charge is 0.481 e. The van der Waals surface area contributed by atoms with Gasteiger partial charge in [0.1, 0.15) is 22.9 Å². The fourth-order valence-corrected chi connectivity index (χ4v) is 2.22. The second-order valence-corrected chi connectivity index (χ2v) is 4.42. The molecule has 1 aliphatic carbocycles. The molecule has 6 heteroatoms. The molecular weight excluding hydrogens is 240 g/mol. The van der Waals surface area contributed by atoms with E-state index in [2.05, 4.69) is 0 Å². The number of carbonyl (C=O) groups excluding carboxylic acids is 3. The fraction of sp³-hybridized carbons (Fsp3) is 0.667. The van der Waals surface area contributed by atoms with Gasteiger partial charge in [-0.15, -0.1) is 0 Å². The summed E-state index contributed by atoms with van der Waals surface area (Å²) < 4.78 is 4.85. The molecule has 0 radical (unpaired) electrons. The highest BCUT2D eigenvalue weighted by atomic mass is 16.5. The van der Waals surface area contributed by atoms with E-state index in [4.69, 9.17) is 9.84 Å². The number of ketones is 2. The van der Waals surface area contributed by atoms with Crippen LogP contribution in [0.3, 0.4) is 0 Å². The molecule has 0 bridgehead atoms. The first-order chi connectivity index (χ1) is 8.35. The normalized spacial score (nSPS) is 27.7. The minimum absolute atomic E-state index is 0.0315. The smallest absolute Gasteiger partial charge is 0.319 e. The molecule has 0 amide bonds. The molecule has 1 rings (SSSR count). The van der Waals surface area contributed by atoms with Gasteiger partial charge in [-0.05, 0) is 26.7 Å². The maximum atomic E-state index is 11.9. The van der Waals surface area contributed by atoms with E-state index in [1.165, 1.54) is 6.92 Å². The third-order valence-electron chi connectivity index (χ3n) is 3.38. The topological polar surface area (TPSA) is 97.7 Å². The van der Waals surface area contributed by atoms with Crippen LogP contribution in [0, 0.1) is 11.3 Å². The van der Waals surface area contributed by atoms with Gasteiger partial charge >= 0.3 is 11.9 Å². The summed E-state index contributed by atoms with van der Waals surface area (Å²) in [6.45, 7) is 2.94. The number of hydrogen-bond donors (Lipinski definition) is 1. The average Bonchev–Trinajstić information content (AvgIpc) is 2.29. The second-order valence-electron chi connectivity index (χ2n) is 4.42. The van der Waals surface area contributed by atoms with Gasteiger partial charge in [0.25, 0.3) is 0 Å². The van der Waals surface area contributed by atoms with Crippen molar-refractivity contribution in [1.82, 2.24) is 0 Å². The van der Waals surface area contributed by atoms with Gasteiger partial charge in [-0.1, -0.05) is 0 Å². The molecule has 0 spiro atoms. The molecule has 0 heterocycles. The summed E-state index contributed by atoms with van der Waals surface area (Å²) in [4.78, 5) is 46.0. The van der Waals surface area contributed by atoms with Gasteiger partial charge in [0.05, 0.1) is 6.61 Å². The van der Waals surface area contributed by atoms with Crippen LogP contribution in [0.15, 0.2) is 0 Å². The van der Waals surface area contributed by atoms with Gasteiger partial charge in [-0.2, -0.15) is 0 Å². The molecule has 0 aromatic rings. The zero-order chi connectivity index (χ0) is 13.9. The molecule has 6 nitrogen and oxygen atoms in total. The van der Waals surface area contributed by atoms with Crippen LogP contribution in [0.25, 0.3) is 0 Å². The van der Waals surface area contributed by atoms with Gasteiger partial charge in [-0.25, -0.2) is 0 Å². The van der Waals surface area contributed by atoms with Crippen molar-refractivity contribution in [2.24, 2.45) is 11.3 Å². The van der Waals surface area contributed by atoms with Crippen molar-refractivity contribution in [3.63, 3.8) is 0 Å². The standard InChI is InChI=1S/C12H16O6/c1-3-18-11(17)12(7(2)13)5-4-9(14)8(6-12)10(15)16/h8H,3-6H2,1-2H3,(H,15,16). The zero-order valence-electron chi connectivity index (χ0n) is 10.4. The lowest BCUT2D eigenvalue weighted by atomic mass is 9.67. The van der Waals surface area contributed by atoms with E-state index >= 15 is 0 Å². The molecule has 1 fully saturated rings. The first-order valence-corrected chi connectivity index (χ1v) is 5.79. The average molecular weight is 256 g/mol. The van der Waals surface area contributed by atoms with Crippen molar-refractivity contribution in [1.29, 1.82) is 0 Å². The van der Waals surface area contributed by atoms with Crippen LogP contribution in [-0.4, -0.2) is 35.2 Å². The summed E-state index contributed by atoms with van der Waals surface area (Å²) in [6, 6.07) is 0. The summed E-state index contributed by atoms with van der Waals surface area (Å²) >= 11 is 0. The van der Waals surface area contributed by atoms with Crippen LogP contribution in [0.1, 0.15) is 33.1 Å². The molecule has 1 aliphatic rings. The fourth-order valence-electron chi connectivity index (χ4n) is 2.22. The Morgan fingerprint density at radius 1 is 1.44 bits per heavy atom. The molecular formula is C12H16O6. The molecule has 0 aliphatic heterocycles. The van der Waals surface area contributed by atoms with Gasteiger partial charge < -0.3 is 9.84 Å². The van der Waals surface area contributed by atoms with Crippen LogP contribution in [-0.2, 0) is 23.9 Å². The number of rotatable bonds is 4. The Balaban J connectivity index is 3.06. The highest BCUT2D eigenvalue weighted by Crippen LogP contribution is 2.40. The van der Waals surface area contributed by atoms with Crippen LogP contribution in [0.4, 0.5) is 0 Å². The van der Waals surface area contributed by atoms with Gasteiger partial charge in [0.2, 0.25) is 0 Å². The van der Waals surface area contributed by atoms with E-state index in [1.54, 1.807) is 6.92 Å². The zero-order valence-corrected chi connectivity index (χ0v) is 10.4. The SMILES string of the molecule is CCOC(=O)C1(C(C)=O)CCC(=O)C(C(=O)O)C1. The van der Waals surface area contributed by atoms with Crippen molar-refractivity contribution in [2.45, 2.75) is 33.1 Å². The molecule has 18 heavy (non-hydrogen) atoms. The molecule has 2 unspecified atom stereocenters. The van der Waals surface area contributed by atoms with Crippen molar-refractivity contribution in [3.05, 3.63) is 0 Å². The number of carboxylic acids is 1. The first-order valence-electron chi connectivity index (χ1n) is 5.79. The minimum atomic E-state index is -1.48. The maximum absolute atomic E-state index is 11.9. The van der Waals surface area contributed by atoms with Gasteiger partial charge in [-0.3, -0.25) is 19.2 Å². The van der Waals surface area contributed by atoms with Crippen LogP contribution in [0.2, 0.25) is 0 Å². The lowest BCUT2D eigenvalue weighted by Crippen LogP contribution is -2.47. The Morgan fingerprint density at radius 3 is 2.50 bits per heavy atom. The molecule has 0 saturated heterocycles. The van der Waals surface area contributed by atoms with Crippen LogP contribution in [0.5, 0.6) is 0 Å². The number of Topliss-reactive ketones (excluding diaryl/α,β-unsaturated/α-hetero) is 2. The second kappa shape index (κ2) is 5.29. The summed E-state index contributed by atoms with van der Waals surface area (Å²) in [5, 5.41) is 8.95. The third kappa shape index (κ3) is 2.42. The number of hydrogen-bond acceptors (Lipinski definition) is 5. The maximum Gasteiger partial charge on any atom is 0.319 e. The molecule has 1 saturated carbocycles. The van der Waals surface area contributed by atoms with Crippen molar-refractivity contribution in [3.8, 4) is 0 Å². The van der Waals surface area contributed by atoms with E-state index in [1.807, 2.05) is 0 Å². The first kappa shape index (κ1) is 14.3. The van der Waals surface area contributed by atoms with E-state index in [9.17, 15) is 19.2 Å². The van der Waals surface area contributed by atoms with Crippen molar-refractivity contribution >= 4 is 23.5 Å². The third-order valence-corrected chi connectivity index (χ3v) is 3.38. The predicted octanol–water partition coefficient (Wildman–Crippen LogP) is 0.579. The van der Waals surface area contributed by atoms with Crippen LogP contribution < -0.4 is 0 Å². The molecule has 0 aromatic heterocycles. The highest BCUT2D eigenvalue weighted by Gasteiger charge is 2.52. The number of carbonyl (C=O) groups is 4. The van der Waals surface area contributed by atoms with E-state index in [-0.39, 0.29) is 25.9 Å². The summed E-state index contributed by atoms with van der Waals surface area (Å²) in [7, 11) is 0. The lowest BCUT2D eigenvalue weighted by Gasteiger charge is -2.34. The van der Waals surface area contributed by atoms with E-state index in [0.29, 0.717) is 0 Å². The Labute approximate surface area is 104 Å². The van der Waals surface area contributed by atoms with E-state index < -0.39 is 34.8 Å². The number of aliphatic carboxylic acids is 1. The monoisotopic (exact) mass is 256 g/mol. The van der Waals surface area contributed by atoms with Gasteiger partial charge in [0.15, 0.2) is 0 Å². The Bertz CT molecular complexity index is 399. The molecule has 1 N–H and O–H groups in total. The summed E-state index contributed by atoms with van der Waals surface area (Å²) in [6.07, 6.45) is -0.353. The predicted molar refractivity (Wildman–Crippen MR) is 59.7 cm³/mol. The summed E-state index contributed by atoms with van der Waals surface area (Å²) in [5.74, 6) is -4.21. The van der Waals surface area contributed by atoms with E-state index in [0.717, 1.165) is 0 Å². The van der Waals surface area contributed by atoms with Crippen molar-refractivity contribution in [2.75, 3.05) is 6.61 Å². The Morgan fingerprint density at radius 2 is 2.06 bits per heavy atom. The number of esters is 1. The van der Waals surface area contributed by atoms with Crippen LogP contribution >= 0.6 is 0 Å². The Kier molecular flexibility index (Phi) is 4.21. The molecule has 100 valence electrons. The lowest BCUT2D eigenvalue weighted by molar-refractivity contribution is -0.165. The quantitative estimate of drug-likeness (QED) is 0.583. The minimum Gasteiger partial charge on any atom is -0.481 e. The summed E-state index contributed by atoms with van der Waals surface area (Å²) in [5.41, 5.74) is -1.48. The molecule has 0 aromatic carbocycles. The Hall–Kier alpha value is -1.72. The van der Waals surface area contributed by atoms with Gasteiger partial charge in [0, 0.05) is 6.42 Å². The van der Waals surface area contributed by atoms with Crippen molar-refractivity contribution < 1.29 is 29.0 Å². The highest BCUT2D eigenvalue weighted by molar-refractivity contribution is 6.07. The molecule has 2 atom stereocenters.